The van der Waals surface area contributed by atoms with Crippen molar-refractivity contribution < 1.29 is 24.6 Å². The summed E-state index contributed by atoms with van der Waals surface area (Å²) in [6.45, 7) is 2.17. The number of fused-ring (bicyclic) bond motifs is 3. The standard InChI is InChI=1S/C24H22N4O6S/c1-12-26-16-5-4-14-3-2-13(10-15(14)21(16)23(32)27-12)11-25-19-8-7-18(35-19)22(31)28-17(24(33)34)6-9-20(29)30/h2-5,7-8,10,17,25H,6,9,11H2,1H3,(H,28,31)(H,29,30)(H,33,34)(H,26,27,32)/t17-/m0/s1. The van der Waals surface area contributed by atoms with Gasteiger partial charge in [0.2, 0.25) is 0 Å². The van der Waals surface area contributed by atoms with Crippen LogP contribution in [0.3, 0.4) is 0 Å². The van der Waals surface area contributed by atoms with Crippen LogP contribution in [0.25, 0.3) is 21.7 Å². The third kappa shape index (κ3) is 5.46. The van der Waals surface area contributed by atoms with Crippen LogP contribution in [0.2, 0.25) is 0 Å². The molecule has 5 N–H and O–H groups in total. The number of anilines is 1. The lowest BCUT2D eigenvalue weighted by Gasteiger charge is -2.12. The molecule has 0 aliphatic heterocycles. The molecule has 4 aromatic rings. The maximum absolute atomic E-state index is 12.6. The molecule has 1 atom stereocenters. The first kappa shape index (κ1) is 23.9. The molecule has 35 heavy (non-hydrogen) atoms. The third-order valence-electron chi connectivity index (χ3n) is 5.42. The third-order valence-corrected chi connectivity index (χ3v) is 6.46. The van der Waals surface area contributed by atoms with Crippen molar-refractivity contribution in [2.24, 2.45) is 0 Å². The van der Waals surface area contributed by atoms with Gasteiger partial charge in [-0.15, -0.1) is 11.3 Å². The second kappa shape index (κ2) is 9.94. The molecule has 2 heterocycles. The fraction of sp³-hybridized carbons (Fsp3) is 0.208. The predicted molar refractivity (Wildman–Crippen MR) is 132 cm³/mol. The smallest absolute Gasteiger partial charge is 0.326 e. The minimum absolute atomic E-state index is 0.194. The number of aromatic amines is 1. The first-order chi connectivity index (χ1) is 16.7. The number of aliphatic carboxylic acids is 2. The molecule has 0 radical (unpaired) electrons. The van der Waals surface area contributed by atoms with E-state index in [0.717, 1.165) is 27.7 Å². The summed E-state index contributed by atoms with van der Waals surface area (Å²) in [6.07, 6.45) is -0.571. The lowest BCUT2D eigenvalue weighted by molar-refractivity contribution is -0.140. The van der Waals surface area contributed by atoms with Crippen molar-refractivity contribution in [2.45, 2.75) is 32.4 Å². The zero-order valence-electron chi connectivity index (χ0n) is 18.6. The number of benzene rings is 2. The molecule has 0 bridgehead atoms. The first-order valence-corrected chi connectivity index (χ1v) is 11.5. The summed E-state index contributed by atoms with van der Waals surface area (Å²) in [6, 6.07) is 11.5. The van der Waals surface area contributed by atoms with E-state index in [4.69, 9.17) is 5.11 Å². The van der Waals surface area contributed by atoms with Crippen LogP contribution in [0.5, 0.6) is 0 Å². The van der Waals surface area contributed by atoms with Gasteiger partial charge in [-0.2, -0.15) is 0 Å². The summed E-state index contributed by atoms with van der Waals surface area (Å²) < 4.78 is 0. The number of nitrogens with zero attached hydrogens (tertiary/aromatic N) is 1. The van der Waals surface area contributed by atoms with Gasteiger partial charge in [0, 0.05) is 13.0 Å². The molecule has 0 fully saturated rings. The molecule has 0 saturated heterocycles. The van der Waals surface area contributed by atoms with Gasteiger partial charge in [0.15, 0.2) is 0 Å². The summed E-state index contributed by atoms with van der Waals surface area (Å²) in [4.78, 5) is 54.5. The number of carbonyl (C=O) groups is 3. The fourth-order valence-corrected chi connectivity index (χ4v) is 4.54. The van der Waals surface area contributed by atoms with Crippen molar-refractivity contribution in [3.8, 4) is 0 Å². The van der Waals surface area contributed by atoms with Crippen LogP contribution in [-0.2, 0) is 16.1 Å². The number of rotatable bonds is 9. The molecular formula is C24H22N4O6S. The first-order valence-electron chi connectivity index (χ1n) is 10.7. The molecule has 0 aliphatic carbocycles. The van der Waals surface area contributed by atoms with E-state index < -0.39 is 23.9 Å². The van der Waals surface area contributed by atoms with Gasteiger partial charge in [-0.3, -0.25) is 14.4 Å². The topological polar surface area (TPSA) is 161 Å². The largest absolute Gasteiger partial charge is 0.481 e. The highest BCUT2D eigenvalue weighted by atomic mass is 32.1. The lowest BCUT2D eigenvalue weighted by atomic mass is 10.0. The monoisotopic (exact) mass is 494 g/mol. The number of amides is 1. The van der Waals surface area contributed by atoms with Crippen molar-refractivity contribution >= 4 is 55.9 Å². The Kier molecular flexibility index (Phi) is 6.78. The van der Waals surface area contributed by atoms with Crippen molar-refractivity contribution in [2.75, 3.05) is 5.32 Å². The Hall–Kier alpha value is -4.25. The fourth-order valence-electron chi connectivity index (χ4n) is 3.73. The highest BCUT2D eigenvalue weighted by Gasteiger charge is 2.22. The maximum Gasteiger partial charge on any atom is 0.326 e. The van der Waals surface area contributed by atoms with Crippen LogP contribution in [0.15, 0.2) is 47.3 Å². The number of aromatic nitrogens is 2. The maximum atomic E-state index is 12.6. The van der Waals surface area contributed by atoms with Gasteiger partial charge in [0.1, 0.15) is 11.9 Å². The quantitative estimate of drug-likeness (QED) is 0.222. The number of nitrogens with one attached hydrogen (secondary N) is 3. The minimum Gasteiger partial charge on any atom is -0.481 e. The van der Waals surface area contributed by atoms with Crippen LogP contribution < -0.4 is 16.2 Å². The lowest BCUT2D eigenvalue weighted by Crippen LogP contribution is -2.40. The molecule has 0 aliphatic rings. The molecule has 2 aromatic heterocycles. The summed E-state index contributed by atoms with van der Waals surface area (Å²) in [7, 11) is 0. The van der Waals surface area contributed by atoms with E-state index in [-0.39, 0.29) is 18.4 Å². The van der Waals surface area contributed by atoms with Gasteiger partial charge >= 0.3 is 11.9 Å². The minimum atomic E-state index is -1.29. The Morgan fingerprint density at radius 1 is 1.11 bits per heavy atom. The van der Waals surface area contributed by atoms with Crippen LogP contribution >= 0.6 is 11.3 Å². The Morgan fingerprint density at radius 3 is 2.63 bits per heavy atom. The Labute approximate surface area is 202 Å². The van der Waals surface area contributed by atoms with Crippen molar-refractivity contribution in [1.29, 1.82) is 0 Å². The normalized spacial score (nSPS) is 11.9. The summed E-state index contributed by atoms with van der Waals surface area (Å²) in [5, 5.41) is 26.5. The molecule has 1 amide bonds. The van der Waals surface area contributed by atoms with Gasteiger partial charge in [0.25, 0.3) is 11.5 Å². The second-order valence-electron chi connectivity index (χ2n) is 7.98. The van der Waals surface area contributed by atoms with Gasteiger partial charge in [-0.1, -0.05) is 18.2 Å². The van der Waals surface area contributed by atoms with Crippen molar-refractivity contribution in [3.63, 3.8) is 0 Å². The second-order valence-corrected chi connectivity index (χ2v) is 9.06. The number of carboxylic acids is 2. The number of aryl methyl sites for hydroxylation is 1. The Bertz CT molecular complexity index is 1510. The zero-order chi connectivity index (χ0) is 25.1. The Morgan fingerprint density at radius 2 is 1.89 bits per heavy atom. The number of hydrogen-bond donors (Lipinski definition) is 5. The molecule has 0 saturated carbocycles. The Balaban J connectivity index is 1.47. The molecular weight excluding hydrogens is 472 g/mol. The van der Waals surface area contributed by atoms with Crippen LogP contribution in [0, 0.1) is 6.92 Å². The van der Waals surface area contributed by atoms with Gasteiger partial charge < -0.3 is 25.8 Å². The predicted octanol–water partition coefficient (Wildman–Crippen LogP) is 3.11. The number of thiophene rings is 1. The molecule has 2 aromatic carbocycles. The number of carboxylic acid groups (broad SMARTS) is 2. The van der Waals surface area contributed by atoms with E-state index in [1.807, 2.05) is 30.3 Å². The summed E-state index contributed by atoms with van der Waals surface area (Å²) >= 11 is 1.15. The zero-order valence-corrected chi connectivity index (χ0v) is 19.4. The average molecular weight is 495 g/mol. The van der Waals surface area contributed by atoms with Gasteiger partial charge in [0.05, 0.1) is 20.8 Å². The van der Waals surface area contributed by atoms with Crippen molar-refractivity contribution in [3.05, 3.63) is 69.1 Å². The highest BCUT2D eigenvalue weighted by Crippen LogP contribution is 2.25. The SMILES string of the molecule is Cc1nc2ccc3ccc(CNc4ccc(C(=O)N[C@@H](CCC(=O)O)C(=O)O)s4)cc3c2c(=O)[nH]1. The van der Waals surface area contributed by atoms with Gasteiger partial charge in [-0.25, -0.2) is 9.78 Å². The molecule has 11 heteroatoms. The van der Waals surface area contributed by atoms with Crippen molar-refractivity contribution in [1.82, 2.24) is 15.3 Å². The van der Waals surface area contributed by atoms with E-state index in [1.54, 1.807) is 19.1 Å². The van der Waals surface area contributed by atoms with E-state index in [9.17, 15) is 24.3 Å². The molecule has 180 valence electrons. The average Bonchev–Trinajstić information content (AvgIpc) is 3.28. The number of H-pyrrole nitrogens is 1. The summed E-state index contributed by atoms with van der Waals surface area (Å²) in [5.41, 5.74) is 1.35. The van der Waals surface area contributed by atoms with Crippen LogP contribution in [0.1, 0.15) is 33.9 Å². The molecule has 10 nitrogen and oxygen atoms in total. The van der Waals surface area contributed by atoms with E-state index >= 15 is 0 Å². The number of carbonyl (C=O) groups excluding carboxylic acids is 1. The highest BCUT2D eigenvalue weighted by molar-refractivity contribution is 7.17. The molecule has 0 spiro atoms. The molecule has 4 rings (SSSR count). The van der Waals surface area contributed by atoms with E-state index in [0.29, 0.717) is 33.2 Å². The number of hydrogen-bond acceptors (Lipinski definition) is 7. The van der Waals surface area contributed by atoms with E-state index in [1.165, 1.54) is 0 Å². The van der Waals surface area contributed by atoms with E-state index in [2.05, 4.69) is 20.6 Å². The summed E-state index contributed by atoms with van der Waals surface area (Å²) in [5.74, 6) is -2.46. The van der Waals surface area contributed by atoms with Crippen LogP contribution in [-0.4, -0.2) is 44.1 Å². The molecule has 0 unspecified atom stereocenters. The van der Waals surface area contributed by atoms with Crippen LogP contribution in [0.4, 0.5) is 5.00 Å². The van der Waals surface area contributed by atoms with Gasteiger partial charge in [-0.05, 0) is 53.9 Å².